The second-order valence-electron chi connectivity index (χ2n) is 6.14. The van der Waals surface area contributed by atoms with Crippen LogP contribution in [0.25, 0.3) is 11.1 Å². The van der Waals surface area contributed by atoms with Gasteiger partial charge < -0.3 is 5.32 Å². The predicted molar refractivity (Wildman–Crippen MR) is 108 cm³/mol. The summed E-state index contributed by atoms with van der Waals surface area (Å²) in [6.07, 6.45) is 1.68. The lowest BCUT2D eigenvalue weighted by atomic mass is 9.93. The van der Waals surface area contributed by atoms with Crippen molar-refractivity contribution in [2.45, 2.75) is 16.6 Å². The Morgan fingerprint density at radius 3 is 2.42 bits per heavy atom. The van der Waals surface area contributed by atoms with Gasteiger partial charge in [0.15, 0.2) is 0 Å². The summed E-state index contributed by atoms with van der Waals surface area (Å²) in [6, 6.07) is 17.1. The van der Waals surface area contributed by atoms with E-state index in [1.807, 2.05) is 55.5 Å². The largest absolute Gasteiger partial charge is 0.309 e. The molecule has 1 amide bonds. The summed E-state index contributed by atoms with van der Waals surface area (Å²) in [5.41, 5.74) is 2.60. The lowest BCUT2D eigenvalue weighted by Gasteiger charge is -2.24. The van der Waals surface area contributed by atoms with Crippen molar-refractivity contribution >= 4 is 46.7 Å². The first kappa shape index (κ1) is 17.4. The van der Waals surface area contributed by atoms with Crippen molar-refractivity contribution in [3.05, 3.63) is 76.4 Å². The lowest BCUT2D eigenvalue weighted by molar-refractivity contribution is -0.117. The van der Waals surface area contributed by atoms with Crippen molar-refractivity contribution in [2.75, 3.05) is 5.32 Å². The zero-order valence-electron chi connectivity index (χ0n) is 13.8. The highest BCUT2D eigenvalue weighted by atomic mass is 35.5. The number of anilines is 1. The second-order valence-corrected chi connectivity index (χ2v) is 8.51. The molecule has 3 nitrogen and oxygen atoms in total. The molecule has 1 aromatic heterocycles. The van der Waals surface area contributed by atoms with E-state index in [4.69, 9.17) is 23.2 Å². The summed E-state index contributed by atoms with van der Waals surface area (Å²) in [6.45, 7) is 1.92. The van der Waals surface area contributed by atoms with Crippen molar-refractivity contribution in [3.63, 3.8) is 0 Å². The summed E-state index contributed by atoms with van der Waals surface area (Å²) in [5, 5.41) is 4.01. The SMILES string of the molecule is CC1(Sc2ccccc2)C(=O)Nc2nccc(-c3cc(Cl)cc(Cl)c3)c21. The molecule has 0 radical (unpaired) electrons. The number of carbonyl (C=O) groups is 1. The number of rotatable bonds is 3. The van der Waals surface area contributed by atoms with Crippen molar-refractivity contribution in [1.29, 1.82) is 0 Å². The number of thioether (sulfide) groups is 1. The number of pyridine rings is 1. The van der Waals surface area contributed by atoms with Gasteiger partial charge in [0.05, 0.1) is 0 Å². The standard InChI is InChI=1S/C20H14Cl2N2OS/c1-20(26-15-5-3-2-4-6-15)17-16(7-8-23-18(17)24-19(20)25)12-9-13(21)11-14(22)10-12/h2-11H,1H3,(H,23,24,25). The zero-order chi connectivity index (χ0) is 18.3. The van der Waals surface area contributed by atoms with E-state index in [0.717, 1.165) is 21.6 Å². The number of benzene rings is 2. The number of halogens is 2. The Morgan fingerprint density at radius 2 is 1.73 bits per heavy atom. The molecule has 1 aliphatic heterocycles. The summed E-state index contributed by atoms with van der Waals surface area (Å²) in [4.78, 5) is 18.2. The van der Waals surface area contributed by atoms with Crippen LogP contribution < -0.4 is 5.32 Å². The quantitative estimate of drug-likeness (QED) is 0.584. The highest BCUT2D eigenvalue weighted by Gasteiger charge is 2.46. The van der Waals surface area contributed by atoms with Crippen LogP contribution in [-0.4, -0.2) is 10.9 Å². The Labute approximate surface area is 165 Å². The third-order valence-corrected chi connectivity index (χ3v) is 6.07. The van der Waals surface area contributed by atoms with Gasteiger partial charge in [-0.15, -0.1) is 11.8 Å². The predicted octanol–water partition coefficient (Wildman–Crippen LogP) is 6.02. The minimum atomic E-state index is -0.810. The van der Waals surface area contributed by atoms with E-state index in [9.17, 15) is 4.79 Å². The van der Waals surface area contributed by atoms with Gasteiger partial charge in [0.2, 0.25) is 5.91 Å². The number of amides is 1. The Hall–Kier alpha value is -2.01. The Bertz CT molecular complexity index is 990. The lowest BCUT2D eigenvalue weighted by Crippen LogP contribution is -2.27. The van der Waals surface area contributed by atoms with Crippen LogP contribution >= 0.6 is 35.0 Å². The molecule has 0 bridgehead atoms. The van der Waals surface area contributed by atoms with E-state index in [1.54, 1.807) is 12.3 Å². The van der Waals surface area contributed by atoms with Gasteiger partial charge in [-0.3, -0.25) is 4.79 Å². The molecule has 0 aliphatic carbocycles. The van der Waals surface area contributed by atoms with Crippen LogP contribution in [-0.2, 0) is 9.54 Å². The number of nitrogens with zero attached hydrogens (tertiary/aromatic N) is 1. The molecule has 1 N–H and O–H groups in total. The fourth-order valence-corrected chi connectivity index (χ4v) is 4.89. The van der Waals surface area contributed by atoms with E-state index < -0.39 is 4.75 Å². The molecule has 1 unspecified atom stereocenters. The van der Waals surface area contributed by atoms with Crippen LogP contribution in [0.1, 0.15) is 12.5 Å². The molecular formula is C20H14Cl2N2OS. The third kappa shape index (κ3) is 2.98. The molecule has 26 heavy (non-hydrogen) atoms. The smallest absolute Gasteiger partial charge is 0.246 e. The van der Waals surface area contributed by atoms with Gasteiger partial charge in [-0.1, -0.05) is 41.4 Å². The van der Waals surface area contributed by atoms with E-state index in [-0.39, 0.29) is 5.91 Å². The van der Waals surface area contributed by atoms with E-state index in [1.165, 1.54) is 11.8 Å². The molecule has 0 saturated heterocycles. The first-order chi connectivity index (χ1) is 12.5. The number of hydrogen-bond acceptors (Lipinski definition) is 3. The van der Waals surface area contributed by atoms with Crippen LogP contribution in [0.5, 0.6) is 0 Å². The normalized spacial score (nSPS) is 18.5. The molecule has 1 atom stereocenters. The van der Waals surface area contributed by atoms with Crippen molar-refractivity contribution in [1.82, 2.24) is 4.98 Å². The molecule has 0 saturated carbocycles. The molecule has 1 aliphatic rings. The monoisotopic (exact) mass is 400 g/mol. The number of aromatic nitrogens is 1. The first-order valence-electron chi connectivity index (χ1n) is 7.99. The maximum absolute atomic E-state index is 12.9. The minimum absolute atomic E-state index is 0.0885. The van der Waals surface area contributed by atoms with Gasteiger partial charge in [0.25, 0.3) is 0 Å². The maximum atomic E-state index is 12.9. The van der Waals surface area contributed by atoms with Crippen molar-refractivity contribution in [2.24, 2.45) is 0 Å². The minimum Gasteiger partial charge on any atom is -0.309 e. The van der Waals surface area contributed by atoms with Gasteiger partial charge in [0.1, 0.15) is 10.6 Å². The van der Waals surface area contributed by atoms with Gasteiger partial charge in [-0.2, -0.15) is 0 Å². The molecular weight excluding hydrogens is 387 g/mol. The number of carbonyl (C=O) groups excluding carboxylic acids is 1. The highest BCUT2D eigenvalue weighted by molar-refractivity contribution is 8.01. The maximum Gasteiger partial charge on any atom is 0.246 e. The number of fused-ring (bicyclic) bond motifs is 1. The van der Waals surface area contributed by atoms with Crippen LogP contribution in [0.3, 0.4) is 0 Å². The molecule has 2 aromatic carbocycles. The second kappa shape index (κ2) is 6.62. The van der Waals surface area contributed by atoms with Crippen LogP contribution in [0, 0.1) is 0 Å². The average Bonchev–Trinajstić information content (AvgIpc) is 2.85. The van der Waals surface area contributed by atoms with Crippen LogP contribution in [0.2, 0.25) is 10.0 Å². The molecule has 2 heterocycles. The number of hydrogen-bond donors (Lipinski definition) is 1. The fourth-order valence-electron chi connectivity index (χ4n) is 3.15. The number of nitrogens with one attached hydrogen (secondary N) is 1. The van der Waals surface area contributed by atoms with Gasteiger partial charge in [0, 0.05) is 26.7 Å². The molecule has 0 spiro atoms. The van der Waals surface area contributed by atoms with E-state index >= 15 is 0 Å². The van der Waals surface area contributed by atoms with E-state index in [0.29, 0.717) is 15.9 Å². The molecule has 130 valence electrons. The average molecular weight is 401 g/mol. The van der Waals surface area contributed by atoms with E-state index in [2.05, 4.69) is 10.3 Å². The third-order valence-electron chi connectivity index (χ3n) is 4.33. The van der Waals surface area contributed by atoms with Crippen LogP contribution in [0.4, 0.5) is 5.82 Å². The van der Waals surface area contributed by atoms with Gasteiger partial charge in [-0.05, 0) is 54.4 Å². The molecule has 0 fully saturated rings. The Balaban J connectivity index is 1.89. The summed E-state index contributed by atoms with van der Waals surface area (Å²) in [5.74, 6) is 0.490. The zero-order valence-corrected chi connectivity index (χ0v) is 16.1. The fraction of sp³-hybridized carbons (Fsp3) is 0.100. The summed E-state index contributed by atoms with van der Waals surface area (Å²) in [7, 11) is 0. The van der Waals surface area contributed by atoms with Crippen molar-refractivity contribution < 1.29 is 4.79 Å². The highest BCUT2D eigenvalue weighted by Crippen LogP contribution is 2.51. The first-order valence-corrected chi connectivity index (χ1v) is 9.56. The summed E-state index contributed by atoms with van der Waals surface area (Å²) >= 11 is 13.9. The molecule has 3 aromatic rings. The van der Waals surface area contributed by atoms with Crippen molar-refractivity contribution in [3.8, 4) is 11.1 Å². The van der Waals surface area contributed by atoms with Gasteiger partial charge in [-0.25, -0.2) is 4.98 Å². The van der Waals surface area contributed by atoms with Crippen LogP contribution in [0.15, 0.2) is 65.7 Å². The Kier molecular flexibility index (Phi) is 4.43. The summed E-state index contributed by atoms with van der Waals surface area (Å²) < 4.78 is -0.810. The Morgan fingerprint density at radius 1 is 1.04 bits per heavy atom. The molecule has 4 rings (SSSR count). The molecule has 6 heteroatoms. The topological polar surface area (TPSA) is 42.0 Å². The van der Waals surface area contributed by atoms with Gasteiger partial charge >= 0.3 is 0 Å².